The molecule has 124 valence electrons. The molecule has 1 atom stereocenters. The van der Waals surface area contributed by atoms with Crippen molar-refractivity contribution >= 4 is 23.2 Å². The molecule has 0 aliphatic rings. The Balaban J connectivity index is 2.80. The van der Waals surface area contributed by atoms with E-state index in [4.69, 9.17) is 9.84 Å². The number of nitrogens with zero attached hydrogens (tertiary/aromatic N) is 2. The van der Waals surface area contributed by atoms with E-state index in [-0.39, 0.29) is 12.5 Å². The Morgan fingerprint density at radius 1 is 1.41 bits per heavy atom. The molecule has 0 radical (unpaired) electrons. The average molecular weight is 328 g/mol. The van der Waals surface area contributed by atoms with Crippen LogP contribution < -0.4 is 0 Å². The van der Waals surface area contributed by atoms with Crippen LogP contribution in [0.5, 0.6) is 0 Å². The van der Waals surface area contributed by atoms with Crippen LogP contribution in [0.1, 0.15) is 40.6 Å². The van der Waals surface area contributed by atoms with Crippen LogP contribution in [0.4, 0.5) is 0 Å². The van der Waals surface area contributed by atoms with Crippen LogP contribution in [-0.2, 0) is 9.53 Å². The van der Waals surface area contributed by atoms with Gasteiger partial charge in [-0.25, -0.2) is 4.98 Å². The van der Waals surface area contributed by atoms with Crippen molar-refractivity contribution in [2.24, 2.45) is 5.92 Å². The highest BCUT2D eigenvalue weighted by Crippen LogP contribution is 2.19. The van der Waals surface area contributed by atoms with Gasteiger partial charge in [0.1, 0.15) is 5.69 Å². The van der Waals surface area contributed by atoms with Crippen molar-refractivity contribution < 1.29 is 19.4 Å². The molecule has 1 rings (SSSR count). The number of ether oxygens (including phenoxy) is 1. The lowest BCUT2D eigenvalue weighted by Crippen LogP contribution is -2.38. The quantitative estimate of drug-likeness (QED) is 0.704. The summed E-state index contributed by atoms with van der Waals surface area (Å²) < 4.78 is 5.28. The van der Waals surface area contributed by atoms with E-state index in [1.807, 2.05) is 20.8 Å². The third-order valence-corrected chi connectivity index (χ3v) is 4.12. The molecule has 0 saturated carbocycles. The molecule has 1 heterocycles. The molecule has 0 bridgehead atoms. The number of carboxylic acids is 1. The molecule has 0 saturated heterocycles. The van der Waals surface area contributed by atoms with Crippen molar-refractivity contribution in [2.45, 2.75) is 34.1 Å². The van der Waals surface area contributed by atoms with Crippen LogP contribution in [0.2, 0.25) is 0 Å². The molecule has 1 aromatic heterocycles. The first-order valence-corrected chi connectivity index (χ1v) is 8.22. The maximum Gasteiger partial charge on any atom is 0.308 e. The zero-order valence-electron chi connectivity index (χ0n) is 13.6. The summed E-state index contributed by atoms with van der Waals surface area (Å²) in [5, 5.41) is 9.91. The van der Waals surface area contributed by atoms with Gasteiger partial charge >= 0.3 is 5.97 Å². The summed E-state index contributed by atoms with van der Waals surface area (Å²) in [6.07, 6.45) is 0.675. The van der Waals surface area contributed by atoms with Crippen molar-refractivity contribution in [3.8, 4) is 0 Å². The summed E-state index contributed by atoms with van der Waals surface area (Å²) in [7, 11) is 0. The van der Waals surface area contributed by atoms with Crippen molar-refractivity contribution in [3.05, 3.63) is 15.6 Å². The van der Waals surface area contributed by atoms with Crippen molar-refractivity contribution in [3.63, 3.8) is 0 Å². The zero-order chi connectivity index (χ0) is 16.7. The second-order valence-electron chi connectivity index (χ2n) is 5.18. The number of hydrogen-bond donors (Lipinski definition) is 1. The van der Waals surface area contributed by atoms with Gasteiger partial charge in [-0.2, -0.15) is 0 Å². The van der Waals surface area contributed by atoms with E-state index in [9.17, 15) is 9.59 Å². The van der Waals surface area contributed by atoms with Gasteiger partial charge in [-0.15, -0.1) is 11.3 Å². The Labute approximate surface area is 135 Å². The van der Waals surface area contributed by atoms with Crippen molar-refractivity contribution in [1.82, 2.24) is 9.88 Å². The fraction of sp³-hybridized carbons (Fsp3) is 0.667. The summed E-state index contributed by atoms with van der Waals surface area (Å²) in [4.78, 5) is 30.4. The molecule has 0 aliphatic carbocycles. The van der Waals surface area contributed by atoms with Crippen LogP contribution in [-0.4, -0.2) is 53.2 Å². The Hall–Kier alpha value is -1.47. The highest BCUT2D eigenvalue weighted by Gasteiger charge is 2.24. The summed E-state index contributed by atoms with van der Waals surface area (Å²) in [6.45, 7) is 9.05. The molecule has 1 N–H and O–H groups in total. The number of carbonyl (C=O) groups is 2. The minimum Gasteiger partial charge on any atom is -0.481 e. The number of aromatic nitrogens is 1. The van der Waals surface area contributed by atoms with E-state index in [1.54, 1.807) is 11.8 Å². The Morgan fingerprint density at radius 3 is 2.59 bits per heavy atom. The second kappa shape index (κ2) is 8.85. The summed E-state index contributed by atoms with van der Waals surface area (Å²) in [5.74, 6) is -1.73. The predicted octanol–water partition coefficient (Wildman–Crippen LogP) is 2.35. The van der Waals surface area contributed by atoms with Crippen LogP contribution in [0.25, 0.3) is 0 Å². The first kappa shape index (κ1) is 18.6. The number of aryl methyl sites for hydroxylation is 2. The van der Waals surface area contributed by atoms with Gasteiger partial charge in [0.25, 0.3) is 5.91 Å². The maximum atomic E-state index is 12.6. The highest BCUT2D eigenvalue weighted by atomic mass is 32.1. The number of thiazole rings is 1. The number of amides is 1. The number of hydrogen-bond acceptors (Lipinski definition) is 5. The van der Waals surface area contributed by atoms with Crippen molar-refractivity contribution in [2.75, 3.05) is 26.3 Å². The van der Waals surface area contributed by atoms with E-state index in [2.05, 4.69) is 4.98 Å². The van der Waals surface area contributed by atoms with Gasteiger partial charge < -0.3 is 14.7 Å². The van der Waals surface area contributed by atoms with Gasteiger partial charge in [-0.05, 0) is 27.2 Å². The third-order valence-electron chi connectivity index (χ3n) is 3.23. The minimum absolute atomic E-state index is 0.177. The fourth-order valence-electron chi connectivity index (χ4n) is 2.06. The molecule has 1 unspecified atom stereocenters. The van der Waals surface area contributed by atoms with Gasteiger partial charge in [0, 0.05) is 31.2 Å². The molecule has 7 heteroatoms. The standard InChI is InChI=1S/C15H24N2O4S/c1-5-21-8-6-7-17(9-10(2)15(19)20)14(18)13-11(3)22-12(4)16-13/h10H,5-9H2,1-4H3,(H,19,20). The molecular weight excluding hydrogens is 304 g/mol. The molecule has 1 aromatic rings. The van der Waals surface area contributed by atoms with E-state index < -0.39 is 11.9 Å². The van der Waals surface area contributed by atoms with Gasteiger partial charge in [-0.3, -0.25) is 9.59 Å². The summed E-state index contributed by atoms with van der Waals surface area (Å²) in [6, 6.07) is 0. The molecule has 6 nitrogen and oxygen atoms in total. The molecule has 0 aromatic carbocycles. The van der Waals surface area contributed by atoms with Crippen LogP contribution in [0.15, 0.2) is 0 Å². The SMILES string of the molecule is CCOCCCN(CC(C)C(=O)O)C(=O)c1nc(C)sc1C. The smallest absolute Gasteiger partial charge is 0.308 e. The molecule has 1 amide bonds. The zero-order valence-corrected chi connectivity index (χ0v) is 14.4. The monoisotopic (exact) mass is 328 g/mol. The van der Waals surface area contributed by atoms with Crippen LogP contribution in [0.3, 0.4) is 0 Å². The second-order valence-corrected chi connectivity index (χ2v) is 6.59. The van der Waals surface area contributed by atoms with Gasteiger partial charge in [-0.1, -0.05) is 6.92 Å². The number of rotatable bonds is 9. The third kappa shape index (κ3) is 5.38. The predicted molar refractivity (Wildman–Crippen MR) is 85.4 cm³/mol. The normalized spacial score (nSPS) is 12.2. The number of aliphatic carboxylic acids is 1. The molecule has 0 fully saturated rings. The van der Waals surface area contributed by atoms with E-state index in [0.717, 1.165) is 9.88 Å². The lowest BCUT2D eigenvalue weighted by Gasteiger charge is -2.24. The largest absolute Gasteiger partial charge is 0.481 e. The fourth-order valence-corrected chi connectivity index (χ4v) is 2.87. The first-order chi connectivity index (χ1) is 10.4. The number of carboxylic acid groups (broad SMARTS) is 1. The average Bonchev–Trinajstić information content (AvgIpc) is 2.79. The lowest BCUT2D eigenvalue weighted by atomic mass is 10.1. The van der Waals surface area contributed by atoms with E-state index >= 15 is 0 Å². The topological polar surface area (TPSA) is 79.7 Å². The van der Waals surface area contributed by atoms with Crippen LogP contribution >= 0.6 is 11.3 Å². The Kier molecular flexibility index (Phi) is 7.47. The maximum absolute atomic E-state index is 12.6. The Bertz CT molecular complexity index is 516. The molecule has 0 spiro atoms. The summed E-state index contributed by atoms with van der Waals surface area (Å²) in [5.41, 5.74) is 0.427. The molecule has 22 heavy (non-hydrogen) atoms. The van der Waals surface area contributed by atoms with Gasteiger partial charge in [0.15, 0.2) is 0 Å². The highest BCUT2D eigenvalue weighted by molar-refractivity contribution is 7.11. The van der Waals surface area contributed by atoms with Gasteiger partial charge in [0.05, 0.1) is 10.9 Å². The summed E-state index contributed by atoms with van der Waals surface area (Å²) >= 11 is 1.47. The lowest BCUT2D eigenvalue weighted by molar-refractivity contribution is -0.141. The molecular formula is C15H24N2O4S. The molecule has 0 aliphatic heterocycles. The first-order valence-electron chi connectivity index (χ1n) is 7.40. The Morgan fingerprint density at radius 2 is 2.09 bits per heavy atom. The van der Waals surface area contributed by atoms with E-state index in [1.165, 1.54) is 11.3 Å². The van der Waals surface area contributed by atoms with Crippen LogP contribution in [0, 0.1) is 19.8 Å². The number of carbonyl (C=O) groups excluding carboxylic acids is 1. The van der Waals surface area contributed by atoms with Gasteiger partial charge in [0.2, 0.25) is 0 Å². The van der Waals surface area contributed by atoms with E-state index in [0.29, 0.717) is 31.9 Å². The minimum atomic E-state index is -0.909. The van der Waals surface area contributed by atoms with Crippen molar-refractivity contribution in [1.29, 1.82) is 0 Å².